The van der Waals surface area contributed by atoms with Gasteiger partial charge in [0.1, 0.15) is 0 Å². The standard InChI is InChI=1S/C14H26O4/c1-3-5-11(7-9-13(15)16)12(6-4-2)8-10-14(17)18/h11-12H,3-10H2,1-2H3,(H,15,16)(H,17,18). The molecule has 0 aromatic heterocycles. The van der Waals surface area contributed by atoms with Crippen LogP contribution in [-0.4, -0.2) is 22.2 Å². The van der Waals surface area contributed by atoms with Gasteiger partial charge in [-0.1, -0.05) is 39.5 Å². The van der Waals surface area contributed by atoms with Gasteiger partial charge in [-0.2, -0.15) is 0 Å². The van der Waals surface area contributed by atoms with Crippen molar-refractivity contribution in [2.75, 3.05) is 0 Å². The summed E-state index contributed by atoms with van der Waals surface area (Å²) >= 11 is 0. The van der Waals surface area contributed by atoms with E-state index in [0.717, 1.165) is 25.7 Å². The first-order chi connectivity index (χ1) is 8.51. The summed E-state index contributed by atoms with van der Waals surface area (Å²) < 4.78 is 0. The maximum Gasteiger partial charge on any atom is 0.303 e. The number of rotatable bonds is 11. The van der Waals surface area contributed by atoms with Gasteiger partial charge >= 0.3 is 11.9 Å². The van der Waals surface area contributed by atoms with Gasteiger partial charge in [0.2, 0.25) is 0 Å². The van der Waals surface area contributed by atoms with E-state index >= 15 is 0 Å². The van der Waals surface area contributed by atoms with E-state index < -0.39 is 11.9 Å². The zero-order valence-corrected chi connectivity index (χ0v) is 11.5. The molecule has 106 valence electrons. The van der Waals surface area contributed by atoms with Crippen LogP contribution in [-0.2, 0) is 9.59 Å². The minimum absolute atomic E-state index is 0.192. The molecular formula is C14H26O4. The molecule has 0 heterocycles. The molecule has 0 aliphatic carbocycles. The second kappa shape index (κ2) is 9.92. The molecule has 0 aromatic rings. The highest BCUT2D eigenvalue weighted by Crippen LogP contribution is 2.30. The van der Waals surface area contributed by atoms with Gasteiger partial charge in [0, 0.05) is 12.8 Å². The van der Waals surface area contributed by atoms with Crippen molar-refractivity contribution in [2.24, 2.45) is 11.8 Å². The number of carboxylic acids is 2. The Morgan fingerprint density at radius 2 is 1.11 bits per heavy atom. The zero-order valence-electron chi connectivity index (χ0n) is 11.5. The third-order valence-electron chi connectivity index (χ3n) is 3.44. The first-order valence-electron chi connectivity index (χ1n) is 6.94. The fourth-order valence-corrected chi connectivity index (χ4v) is 2.59. The van der Waals surface area contributed by atoms with E-state index in [-0.39, 0.29) is 12.8 Å². The Hall–Kier alpha value is -1.06. The van der Waals surface area contributed by atoms with Crippen LogP contribution >= 0.6 is 0 Å². The highest BCUT2D eigenvalue weighted by molar-refractivity contribution is 5.67. The molecule has 0 amide bonds. The number of hydrogen-bond donors (Lipinski definition) is 2. The van der Waals surface area contributed by atoms with Crippen molar-refractivity contribution in [2.45, 2.75) is 65.2 Å². The minimum atomic E-state index is -0.760. The van der Waals surface area contributed by atoms with Crippen LogP contribution in [0, 0.1) is 11.8 Å². The zero-order chi connectivity index (χ0) is 14.0. The number of carboxylic acid groups (broad SMARTS) is 2. The predicted octanol–water partition coefficient (Wildman–Crippen LogP) is 3.55. The van der Waals surface area contributed by atoms with Gasteiger partial charge in [0.25, 0.3) is 0 Å². The van der Waals surface area contributed by atoms with Gasteiger partial charge in [-0.05, 0) is 24.7 Å². The van der Waals surface area contributed by atoms with Crippen molar-refractivity contribution in [3.8, 4) is 0 Å². The van der Waals surface area contributed by atoms with Crippen LogP contribution in [0.1, 0.15) is 65.2 Å². The lowest BCUT2D eigenvalue weighted by Crippen LogP contribution is -2.17. The minimum Gasteiger partial charge on any atom is -0.481 e. The predicted molar refractivity (Wildman–Crippen MR) is 70.5 cm³/mol. The third kappa shape index (κ3) is 8.09. The SMILES string of the molecule is CCCC(CCC(=O)O)C(CCC)CCC(=O)O. The van der Waals surface area contributed by atoms with Gasteiger partial charge in [-0.25, -0.2) is 0 Å². The molecule has 2 atom stereocenters. The van der Waals surface area contributed by atoms with Crippen molar-refractivity contribution in [1.29, 1.82) is 0 Å². The molecule has 0 spiro atoms. The lowest BCUT2D eigenvalue weighted by molar-refractivity contribution is -0.139. The van der Waals surface area contributed by atoms with E-state index in [4.69, 9.17) is 10.2 Å². The second-order valence-electron chi connectivity index (χ2n) is 4.96. The molecule has 0 aromatic carbocycles. The van der Waals surface area contributed by atoms with Gasteiger partial charge in [-0.3, -0.25) is 9.59 Å². The first-order valence-corrected chi connectivity index (χ1v) is 6.94. The molecular weight excluding hydrogens is 232 g/mol. The topological polar surface area (TPSA) is 74.6 Å². The molecule has 0 aliphatic rings. The molecule has 0 saturated carbocycles. The molecule has 0 radical (unpaired) electrons. The molecule has 2 unspecified atom stereocenters. The Balaban J connectivity index is 4.42. The maximum absolute atomic E-state index is 10.7. The van der Waals surface area contributed by atoms with Crippen LogP contribution in [0.4, 0.5) is 0 Å². The Morgan fingerprint density at radius 3 is 1.33 bits per heavy atom. The molecule has 0 fully saturated rings. The van der Waals surface area contributed by atoms with E-state index in [2.05, 4.69) is 13.8 Å². The number of aliphatic carboxylic acids is 2. The number of hydrogen-bond acceptors (Lipinski definition) is 2. The van der Waals surface area contributed by atoms with Gasteiger partial charge in [0.15, 0.2) is 0 Å². The quantitative estimate of drug-likeness (QED) is 0.594. The fourth-order valence-electron chi connectivity index (χ4n) is 2.59. The average Bonchev–Trinajstić information content (AvgIpc) is 2.29. The van der Waals surface area contributed by atoms with E-state index in [0.29, 0.717) is 24.7 Å². The summed E-state index contributed by atoms with van der Waals surface area (Å²) in [6.45, 7) is 4.18. The summed E-state index contributed by atoms with van der Waals surface area (Å²) in [6, 6.07) is 0. The summed E-state index contributed by atoms with van der Waals surface area (Å²) in [5, 5.41) is 17.5. The highest BCUT2D eigenvalue weighted by atomic mass is 16.4. The fraction of sp³-hybridized carbons (Fsp3) is 0.857. The number of carbonyl (C=O) groups is 2. The van der Waals surface area contributed by atoms with Crippen LogP contribution in [0.3, 0.4) is 0 Å². The van der Waals surface area contributed by atoms with Gasteiger partial charge in [0.05, 0.1) is 0 Å². The lowest BCUT2D eigenvalue weighted by Gasteiger charge is -2.26. The smallest absolute Gasteiger partial charge is 0.303 e. The van der Waals surface area contributed by atoms with E-state index in [1.54, 1.807) is 0 Å². The van der Waals surface area contributed by atoms with Crippen molar-refractivity contribution in [3.63, 3.8) is 0 Å². The van der Waals surface area contributed by atoms with Crippen molar-refractivity contribution in [3.05, 3.63) is 0 Å². The molecule has 0 rings (SSSR count). The van der Waals surface area contributed by atoms with E-state index in [9.17, 15) is 9.59 Å². The van der Waals surface area contributed by atoms with Crippen LogP contribution in [0.25, 0.3) is 0 Å². The average molecular weight is 258 g/mol. The largest absolute Gasteiger partial charge is 0.481 e. The summed E-state index contributed by atoms with van der Waals surface area (Å²) in [5.74, 6) is -0.815. The second-order valence-corrected chi connectivity index (χ2v) is 4.96. The van der Waals surface area contributed by atoms with Crippen LogP contribution in [0.2, 0.25) is 0 Å². The van der Waals surface area contributed by atoms with Crippen LogP contribution < -0.4 is 0 Å². The molecule has 0 bridgehead atoms. The van der Waals surface area contributed by atoms with E-state index in [1.165, 1.54) is 0 Å². The third-order valence-corrected chi connectivity index (χ3v) is 3.44. The molecule has 0 saturated heterocycles. The summed E-state index contributed by atoms with van der Waals surface area (Å²) in [5.41, 5.74) is 0. The Kier molecular flexibility index (Phi) is 9.33. The monoisotopic (exact) mass is 258 g/mol. The molecule has 18 heavy (non-hydrogen) atoms. The normalized spacial score (nSPS) is 14.1. The lowest BCUT2D eigenvalue weighted by atomic mass is 9.79. The maximum atomic E-state index is 10.7. The Morgan fingerprint density at radius 1 is 0.778 bits per heavy atom. The van der Waals surface area contributed by atoms with Gasteiger partial charge in [-0.15, -0.1) is 0 Å². The summed E-state index contributed by atoms with van der Waals surface area (Å²) in [6.07, 6.45) is 5.78. The van der Waals surface area contributed by atoms with Crippen LogP contribution in [0.5, 0.6) is 0 Å². The molecule has 0 aliphatic heterocycles. The summed E-state index contributed by atoms with van der Waals surface area (Å²) in [7, 11) is 0. The summed E-state index contributed by atoms with van der Waals surface area (Å²) in [4.78, 5) is 21.3. The van der Waals surface area contributed by atoms with Gasteiger partial charge < -0.3 is 10.2 Å². The molecule has 4 nitrogen and oxygen atoms in total. The first kappa shape index (κ1) is 16.9. The van der Waals surface area contributed by atoms with Crippen molar-refractivity contribution in [1.82, 2.24) is 0 Å². The van der Waals surface area contributed by atoms with Crippen molar-refractivity contribution >= 4 is 11.9 Å². The van der Waals surface area contributed by atoms with Crippen LogP contribution in [0.15, 0.2) is 0 Å². The Labute approximate surface area is 109 Å². The Bertz CT molecular complexity index is 224. The van der Waals surface area contributed by atoms with E-state index in [1.807, 2.05) is 0 Å². The van der Waals surface area contributed by atoms with Crippen molar-refractivity contribution < 1.29 is 19.8 Å². The highest BCUT2D eigenvalue weighted by Gasteiger charge is 2.21. The molecule has 2 N–H and O–H groups in total. The molecule has 4 heteroatoms.